The number of carbonyl (C=O) groups is 1. The van der Waals surface area contributed by atoms with Crippen LogP contribution in [0.1, 0.15) is 43.4 Å². The molecular formula is C14H22ClN3O2. The van der Waals surface area contributed by atoms with Crippen LogP contribution in [0.25, 0.3) is 0 Å². The summed E-state index contributed by atoms with van der Waals surface area (Å²) in [5, 5.41) is 7.17. The molecule has 1 aliphatic carbocycles. The van der Waals surface area contributed by atoms with Gasteiger partial charge in [-0.15, -0.1) is 0 Å². The van der Waals surface area contributed by atoms with E-state index in [1.807, 2.05) is 6.92 Å². The van der Waals surface area contributed by atoms with Crippen molar-refractivity contribution in [2.45, 2.75) is 51.5 Å². The molecule has 6 heteroatoms. The van der Waals surface area contributed by atoms with Crippen LogP contribution in [0.15, 0.2) is 4.52 Å². The van der Waals surface area contributed by atoms with Gasteiger partial charge in [-0.25, -0.2) is 0 Å². The number of nitrogens with two attached hydrogens (primary N) is 1. The Morgan fingerprint density at radius 3 is 2.90 bits per heavy atom. The highest BCUT2D eigenvalue weighted by Gasteiger charge is 2.25. The molecule has 2 rings (SSSR count). The lowest BCUT2D eigenvalue weighted by molar-refractivity contribution is -0.122. The summed E-state index contributed by atoms with van der Waals surface area (Å²) in [6.07, 6.45) is 5.47. The van der Waals surface area contributed by atoms with Crippen molar-refractivity contribution in [1.29, 1.82) is 0 Å². The number of rotatable bonds is 5. The first-order valence-corrected chi connectivity index (χ1v) is 7.59. The lowest BCUT2D eigenvalue weighted by Crippen LogP contribution is -2.44. The summed E-state index contributed by atoms with van der Waals surface area (Å²) in [5.74, 6) is 0.459. The third kappa shape index (κ3) is 3.73. The zero-order chi connectivity index (χ0) is 14.5. The van der Waals surface area contributed by atoms with Gasteiger partial charge in [-0.1, -0.05) is 18.0 Å². The van der Waals surface area contributed by atoms with Gasteiger partial charge in [-0.05, 0) is 50.2 Å². The largest absolute Gasteiger partial charge is 0.353 e. The van der Waals surface area contributed by atoms with Crippen molar-refractivity contribution < 1.29 is 9.32 Å². The second-order valence-corrected chi connectivity index (χ2v) is 5.82. The number of amides is 1. The molecule has 1 aliphatic rings. The molecule has 0 radical (unpaired) electrons. The molecule has 0 aromatic carbocycles. The quantitative estimate of drug-likeness (QED) is 0.873. The monoisotopic (exact) mass is 299 g/mol. The van der Waals surface area contributed by atoms with Crippen LogP contribution in [0.4, 0.5) is 0 Å². The van der Waals surface area contributed by atoms with Crippen LogP contribution in [0.5, 0.6) is 0 Å². The summed E-state index contributed by atoms with van der Waals surface area (Å²) in [4.78, 5) is 12.0. The van der Waals surface area contributed by atoms with Crippen LogP contribution in [-0.4, -0.2) is 23.7 Å². The van der Waals surface area contributed by atoms with Gasteiger partial charge in [0, 0.05) is 18.0 Å². The zero-order valence-electron chi connectivity index (χ0n) is 11.8. The third-order valence-electron chi connectivity index (χ3n) is 4.10. The predicted molar refractivity (Wildman–Crippen MR) is 77.5 cm³/mol. The van der Waals surface area contributed by atoms with Gasteiger partial charge in [0.1, 0.15) is 0 Å². The molecule has 0 spiro atoms. The minimum atomic E-state index is 0.0482. The van der Waals surface area contributed by atoms with Crippen LogP contribution in [-0.2, 0) is 11.2 Å². The molecule has 1 heterocycles. The van der Waals surface area contributed by atoms with E-state index in [-0.39, 0.29) is 17.2 Å². The maximum atomic E-state index is 12.0. The van der Waals surface area contributed by atoms with E-state index in [1.54, 1.807) is 0 Å². The van der Waals surface area contributed by atoms with E-state index in [9.17, 15) is 4.79 Å². The number of carbonyl (C=O) groups excluding carboxylic acids is 1. The number of aromatic nitrogens is 1. The second-order valence-electron chi connectivity index (χ2n) is 5.47. The highest BCUT2D eigenvalue weighted by molar-refractivity contribution is 6.29. The molecule has 1 fully saturated rings. The van der Waals surface area contributed by atoms with E-state index in [1.165, 1.54) is 6.42 Å². The molecule has 2 unspecified atom stereocenters. The minimum absolute atomic E-state index is 0.0482. The van der Waals surface area contributed by atoms with Gasteiger partial charge >= 0.3 is 0 Å². The first kappa shape index (κ1) is 15.3. The van der Waals surface area contributed by atoms with E-state index < -0.39 is 0 Å². The van der Waals surface area contributed by atoms with Crippen molar-refractivity contribution >= 4 is 17.5 Å². The predicted octanol–water partition coefficient (Wildman–Crippen LogP) is 2.20. The zero-order valence-corrected chi connectivity index (χ0v) is 12.6. The molecule has 5 nitrogen and oxygen atoms in total. The lowest BCUT2D eigenvalue weighted by Gasteiger charge is -2.31. The summed E-state index contributed by atoms with van der Waals surface area (Å²) in [6, 6.07) is 0.222. The summed E-state index contributed by atoms with van der Waals surface area (Å²) in [5.41, 5.74) is 7.34. The maximum absolute atomic E-state index is 12.0. The molecule has 3 N–H and O–H groups in total. The Labute approximate surface area is 124 Å². The number of hydrogen-bond acceptors (Lipinski definition) is 4. The molecule has 1 aromatic rings. The molecule has 112 valence electrons. The first-order chi connectivity index (χ1) is 9.61. The van der Waals surface area contributed by atoms with Crippen LogP contribution in [0, 0.1) is 12.8 Å². The Kier molecular flexibility index (Phi) is 5.43. The lowest BCUT2D eigenvalue weighted by atomic mass is 9.84. The molecule has 2 atom stereocenters. The van der Waals surface area contributed by atoms with Crippen molar-refractivity contribution in [3.8, 4) is 0 Å². The SMILES string of the molecule is Cc1noc(Cl)c1CCC(=O)NC1CCCCC1CN. The molecule has 20 heavy (non-hydrogen) atoms. The fourth-order valence-corrected chi connectivity index (χ4v) is 3.10. The smallest absolute Gasteiger partial charge is 0.229 e. The van der Waals surface area contributed by atoms with Gasteiger partial charge in [0.05, 0.1) is 5.69 Å². The van der Waals surface area contributed by atoms with Crippen molar-refractivity contribution in [3.63, 3.8) is 0 Å². The molecule has 1 aromatic heterocycles. The van der Waals surface area contributed by atoms with Crippen molar-refractivity contribution in [1.82, 2.24) is 10.5 Å². The Bertz CT molecular complexity index is 442. The summed E-state index contributed by atoms with van der Waals surface area (Å²) in [6.45, 7) is 2.47. The molecule has 1 saturated carbocycles. The van der Waals surface area contributed by atoms with E-state index >= 15 is 0 Å². The van der Waals surface area contributed by atoms with Crippen LogP contribution in [0.3, 0.4) is 0 Å². The number of nitrogens with one attached hydrogen (secondary N) is 1. The highest BCUT2D eigenvalue weighted by atomic mass is 35.5. The molecule has 1 amide bonds. The van der Waals surface area contributed by atoms with Gasteiger partial charge in [0.15, 0.2) is 0 Å². The standard InChI is InChI=1S/C14H22ClN3O2/c1-9-11(14(15)20-18-9)6-7-13(19)17-12-5-3-2-4-10(12)8-16/h10,12H,2-8,16H2,1H3,(H,17,19). The molecule has 0 bridgehead atoms. The van der Waals surface area contributed by atoms with Gasteiger partial charge in [0.25, 0.3) is 0 Å². The topological polar surface area (TPSA) is 81.2 Å². The van der Waals surface area contributed by atoms with Crippen LogP contribution >= 0.6 is 11.6 Å². The summed E-state index contributed by atoms with van der Waals surface area (Å²) in [7, 11) is 0. The van der Waals surface area contributed by atoms with Gasteiger partial charge in [0.2, 0.25) is 11.1 Å². The van der Waals surface area contributed by atoms with E-state index in [4.69, 9.17) is 21.9 Å². The molecule has 0 saturated heterocycles. The summed E-state index contributed by atoms with van der Waals surface area (Å²) >= 11 is 5.89. The van der Waals surface area contributed by atoms with Crippen molar-refractivity contribution in [2.75, 3.05) is 6.54 Å². The van der Waals surface area contributed by atoms with E-state index in [0.29, 0.717) is 25.3 Å². The average molecular weight is 300 g/mol. The normalized spacial score (nSPS) is 22.8. The first-order valence-electron chi connectivity index (χ1n) is 7.22. The second kappa shape index (κ2) is 7.09. The Morgan fingerprint density at radius 1 is 1.50 bits per heavy atom. The average Bonchev–Trinajstić information content (AvgIpc) is 2.76. The van der Waals surface area contributed by atoms with Gasteiger partial charge in [-0.3, -0.25) is 4.79 Å². The van der Waals surface area contributed by atoms with E-state index in [0.717, 1.165) is 30.5 Å². The number of hydrogen-bond donors (Lipinski definition) is 2. The summed E-state index contributed by atoms with van der Waals surface area (Å²) < 4.78 is 4.88. The Balaban J connectivity index is 1.83. The van der Waals surface area contributed by atoms with Crippen molar-refractivity contribution in [3.05, 3.63) is 16.5 Å². The number of aryl methyl sites for hydroxylation is 1. The third-order valence-corrected chi connectivity index (χ3v) is 4.39. The van der Waals surface area contributed by atoms with Gasteiger partial charge in [-0.2, -0.15) is 0 Å². The fraction of sp³-hybridized carbons (Fsp3) is 0.714. The minimum Gasteiger partial charge on any atom is -0.353 e. The number of nitrogens with zero attached hydrogens (tertiary/aromatic N) is 1. The molecular weight excluding hydrogens is 278 g/mol. The maximum Gasteiger partial charge on any atom is 0.229 e. The highest BCUT2D eigenvalue weighted by Crippen LogP contribution is 2.24. The number of halogens is 1. The van der Waals surface area contributed by atoms with Crippen molar-refractivity contribution in [2.24, 2.45) is 11.7 Å². The van der Waals surface area contributed by atoms with Crippen LogP contribution in [0.2, 0.25) is 5.22 Å². The van der Waals surface area contributed by atoms with Crippen LogP contribution < -0.4 is 11.1 Å². The fourth-order valence-electron chi connectivity index (χ4n) is 2.84. The van der Waals surface area contributed by atoms with E-state index in [2.05, 4.69) is 10.5 Å². The molecule has 0 aliphatic heterocycles. The van der Waals surface area contributed by atoms with Gasteiger partial charge < -0.3 is 15.6 Å². The Hall–Kier alpha value is -1.07. The Morgan fingerprint density at radius 2 is 2.25 bits per heavy atom.